The molecule has 4 bridgehead atoms. The van der Waals surface area contributed by atoms with Crippen molar-refractivity contribution in [3.8, 4) is 5.75 Å². The summed E-state index contributed by atoms with van der Waals surface area (Å²) in [5, 5.41) is 20.0. The number of aliphatic hydroxyl groups is 1. The molecule has 2 aromatic rings. The number of unbranched alkanes of at least 4 members (excludes halogenated alkanes) is 2. The third-order valence-electron chi connectivity index (χ3n) is 17.0. The van der Waals surface area contributed by atoms with Gasteiger partial charge in [0, 0.05) is 82.4 Å². The van der Waals surface area contributed by atoms with E-state index in [-0.39, 0.29) is 73.7 Å². The Kier molecular flexibility index (Phi) is 23.9. The van der Waals surface area contributed by atoms with E-state index in [1.165, 1.54) is 32.1 Å². The van der Waals surface area contributed by atoms with Gasteiger partial charge in [0.25, 0.3) is 5.91 Å². The Morgan fingerprint density at radius 3 is 2.37 bits per heavy atom. The number of primary amides is 1. The molecule has 7 amide bonds. The van der Waals surface area contributed by atoms with Crippen molar-refractivity contribution in [3.05, 3.63) is 106 Å². The highest BCUT2D eigenvalue weighted by Gasteiger charge is 2.64. The van der Waals surface area contributed by atoms with E-state index >= 15 is 0 Å². The number of ether oxygens (including phenoxy) is 5. The third-order valence-corrected chi connectivity index (χ3v) is 17.3. The van der Waals surface area contributed by atoms with Gasteiger partial charge in [-0.3, -0.25) is 34.2 Å². The molecule has 0 saturated carbocycles. The number of Topliss-reactive ketones (excluding diaryl/α,β-unsaturated/α-hetero) is 2. The van der Waals surface area contributed by atoms with Crippen molar-refractivity contribution in [2.24, 2.45) is 29.4 Å². The minimum Gasteiger partial charge on any atom is -0.495 e. The number of likely N-dealkylation sites (N-methyl/N-ethyl adjacent to an activating group) is 1. The number of benzene rings is 2. The van der Waals surface area contributed by atoms with Crippen molar-refractivity contribution in [1.82, 2.24) is 25.8 Å². The fraction of sp³-hybridized carbons (Fsp3) is 0.547. The maximum absolute atomic E-state index is 14.4. The van der Waals surface area contributed by atoms with Gasteiger partial charge < -0.3 is 55.0 Å². The average molecular weight is 1230 g/mol. The van der Waals surface area contributed by atoms with Gasteiger partial charge in [-0.2, -0.15) is 0 Å². The first kappa shape index (κ1) is 68.6. The van der Waals surface area contributed by atoms with E-state index in [0.29, 0.717) is 66.9 Å². The number of hydrogen-bond acceptors (Lipinski definition) is 15. The van der Waals surface area contributed by atoms with Crippen LogP contribution in [0.4, 0.5) is 20.1 Å². The fourth-order valence-electron chi connectivity index (χ4n) is 11.0. The van der Waals surface area contributed by atoms with E-state index in [2.05, 4.69) is 22.5 Å². The number of amides is 7. The molecule has 474 valence electrons. The first-order chi connectivity index (χ1) is 41.0. The Morgan fingerprint density at radius 1 is 1.01 bits per heavy atom. The number of urea groups is 1. The van der Waals surface area contributed by atoms with Gasteiger partial charge in [-0.05, 0) is 93.7 Å². The molecule has 2 saturated heterocycles. The molecule has 2 aromatic carbocycles. The number of anilines is 1. The molecule has 23 heteroatoms. The van der Waals surface area contributed by atoms with Gasteiger partial charge in [0.05, 0.1) is 31.4 Å². The predicted octanol–water partition coefficient (Wildman–Crippen LogP) is 7.69. The third kappa shape index (κ3) is 18.3. The second-order valence-electron chi connectivity index (χ2n) is 23.9. The van der Waals surface area contributed by atoms with E-state index < -0.39 is 102 Å². The van der Waals surface area contributed by atoms with Crippen molar-refractivity contribution >= 4 is 70.8 Å². The summed E-state index contributed by atoms with van der Waals surface area (Å²) in [6.07, 6.45) is 6.78. The monoisotopic (exact) mass is 1230 g/mol. The number of hydrogen-bond donors (Lipinski definition) is 5. The fourth-order valence-corrected chi connectivity index (χ4v) is 11.3. The van der Waals surface area contributed by atoms with E-state index in [0.717, 1.165) is 16.0 Å². The molecule has 0 aromatic heterocycles. The van der Waals surface area contributed by atoms with Crippen LogP contribution in [-0.2, 0) is 67.2 Å². The summed E-state index contributed by atoms with van der Waals surface area (Å²) >= 11 is 6.84. The highest BCUT2D eigenvalue weighted by Crippen LogP contribution is 2.49. The number of ketones is 2. The van der Waals surface area contributed by atoms with Crippen LogP contribution in [0.25, 0.3) is 0 Å². The van der Waals surface area contributed by atoms with Gasteiger partial charge in [-0.1, -0.05) is 100 Å². The maximum Gasteiger partial charge on any atom is 0.410 e. The molecule has 22 nitrogen and oxygen atoms in total. The largest absolute Gasteiger partial charge is 0.495 e. The van der Waals surface area contributed by atoms with E-state index in [9.17, 15) is 48.3 Å². The van der Waals surface area contributed by atoms with E-state index in [1.807, 2.05) is 32.9 Å². The van der Waals surface area contributed by atoms with Crippen LogP contribution >= 0.6 is 11.6 Å². The number of allylic oxidation sites excluding steroid dienone is 4. The number of methoxy groups -OCH3 is 1. The lowest BCUT2D eigenvalue weighted by Crippen LogP contribution is -2.60. The van der Waals surface area contributed by atoms with E-state index in [1.54, 1.807) is 81.3 Å². The summed E-state index contributed by atoms with van der Waals surface area (Å²) in [6.45, 7) is 16.6. The van der Waals surface area contributed by atoms with Crippen molar-refractivity contribution in [2.75, 3.05) is 39.2 Å². The first-order valence-corrected chi connectivity index (χ1v) is 30.0. The van der Waals surface area contributed by atoms with Gasteiger partial charge in [0.15, 0.2) is 5.78 Å². The standard InChI is InChI=1S/C64H86ClN7O15/c1-37(2)47(33-46(73)19-13-12-14-28-72-40(5)21-26-54(72)75)58(77)68-48(20-16-27-67-60(66)79)50(74)31-43-22-24-44(25-23-43)36-84-62(81)70(9)42(7)59(78)86-53-34-55(76)71(10)49-30-45(32-51(83-11)56(49)65)29-38(3)17-15-18-39(4)64(82)35-52(85-61(80)69-64)41(6)57-63(53,8)87-57/h15,17-18,21-26,30,32,37,39,41-42,47-48,52-53,57,82H,5,12-14,16,19-20,27-29,31,33-36H2,1-4,6-11H3,(H,68,77)(H,69,80)(H3,66,67,79)/b18-15+,38-17+/t39?,41?,42-,47-,48?,52?,53?,57?,63?,64?/m0/s1. The summed E-state index contributed by atoms with van der Waals surface area (Å²) < 4.78 is 29.5. The Labute approximate surface area is 514 Å². The van der Waals surface area contributed by atoms with Gasteiger partial charge in [0.1, 0.15) is 52.7 Å². The summed E-state index contributed by atoms with van der Waals surface area (Å²) in [6, 6.07) is 7.32. The van der Waals surface area contributed by atoms with Gasteiger partial charge in [-0.25, -0.2) is 19.2 Å². The topological polar surface area (TPSA) is 295 Å². The molecule has 0 spiro atoms. The number of carbonyl (C=O) groups is 9. The highest BCUT2D eigenvalue weighted by atomic mass is 35.5. The van der Waals surface area contributed by atoms with E-state index in [4.69, 9.17) is 41.0 Å². The molecule has 4 heterocycles. The molecule has 0 aliphatic carbocycles. The Hall–Kier alpha value is -7.56. The van der Waals surface area contributed by atoms with Crippen LogP contribution in [0.3, 0.4) is 0 Å². The molecular formula is C64H86ClN7O15. The number of nitrogens with zero attached hydrogens (tertiary/aromatic N) is 3. The number of nitrogens with one attached hydrogen (secondary N) is 3. The summed E-state index contributed by atoms with van der Waals surface area (Å²) in [7, 11) is 4.37. The quantitative estimate of drug-likeness (QED) is 0.0291. The van der Waals surface area contributed by atoms with Crippen LogP contribution in [0, 0.1) is 23.7 Å². The van der Waals surface area contributed by atoms with Crippen molar-refractivity contribution in [2.45, 2.75) is 167 Å². The number of halogens is 1. The second kappa shape index (κ2) is 30.4. The lowest BCUT2D eigenvalue weighted by molar-refractivity contribution is -0.158. The van der Waals surface area contributed by atoms with Crippen LogP contribution in [0.15, 0.2) is 84.6 Å². The maximum atomic E-state index is 14.4. The minimum atomic E-state index is -1.69. The number of esters is 1. The van der Waals surface area contributed by atoms with Gasteiger partial charge in [-0.15, -0.1) is 0 Å². The number of alkyl carbamates (subject to hydrolysis) is 1. The highest BCUT2D eigenvalue weighted by molar-refractivity contribution is 6.35. The van der Waals surface area contributed by atoms with Crippen LogP contribution in [0.1, 0.15) is 123 Å². The van der Waals surface area contributed by atoms with Gasteiger partial charge >= 0.3 is 24.2 Å². The zero-order chi connectivity index (χ0) is 64.1. The molecule has 6 rings (SSSR count). The molecule has 8 unspecified atom stereocenters. The van der Waals surface area contributed by atoms with Crippen molar-refractivity contribution in [1.29, 1.82) is 0 Å². The number of nitrogens with two attached hydrogens (primary N) is 1. The van der Waals surface area contributed by atoms with Gasteiger partial charge in [0.2, 0.25) is 11.8 Å². The first-order valence-electron chi connectivity index (χ1n) is 29.7. The lowest BCUT2D eigenvalue weighted by atomic mass is 9.82. The molecule has 87 heavy (non-hydrogen) atoms. The summed E-state index contributed by atoms with van der Waals surface area (Å²) in [4.78, 5) is 124. The lowest BCUT2D eigenvalue weighted by Gasteiger charge is -2.41. The van der Waals surface area contributed by atoms with Crippen LogP contribution in [0.5, 0.6) is 5.75 Å². The SMILES string of the molecule is C=C1C=CC(=O)N1CCCCCC(=O)C[C@H](C(=O)NC(CCCNC(N)=O)C(=O)Cc1ccc(COC(=O)N(C)[C@@H](C)C(=O)OC2CC(=O)N(C)c3cc(cc(OC)c3Cl)C/C(C)=C/C=C/C(C)C3(O)CC(OC(=O)N3)C(C)C3OC23C)cc1)C(C)C. The molecule has 2 fully saturated rings. The molecule has 6 N–H and O–H groups in total. The molecule has 10 atom stereocenters. The van der Waals surface area contributed by atoms with Crippen molar-refractivity contribution in [3.63, 3.8) is 0 Å². The average Bonchev–Trinajstić information content (AvgIpc) is 1.69. The van der Waals surface area contributed by atoms with Crippen LogP contribution in [-0.4, -0.2) is 144 Å². The molecule has 0 radical (unpaired) electrons. The van der Waals surface area contributed by atoms with Crippen LogP contribution < -0.4 is 31.3 Å². The Morgan fingerprint density at radius 2 is 1.71 bits per heavy atom. The van der Waals surface area contributed by atoms with Crippen molar-refractivity contribution < 1.29 is 71.9 Å². The zero-order valence-electron chi connectivity index (χ0n) is 51.6. The zero-order valence-corrected chi connectivity index (χ0v) is 52.4. The number of epoxide rings is 1. The number of rotatable bonds is 24. The number of fused-ring (bicyclic) bond motifs is 5. The number of carbonyl (C=O) groups excluding carboxylic acids is 9. The second-order valence-corrected chi connectivity index (χ2v) is 24.2. The molecule has 4 aliphatic heterocycles. The Bertz CT molecular complexity index is 2980. The summed E-state index contributed by atoms with van der Waals surface area (Å²) in [5.41, 5.74) is 6.08. The minimum absolute atomic E-state index is 0.00622. The summed E-state index contributed by atoms with van der Waals surface area (Å²) in [5.74, 6) is -4.05. The normalized spacial score (nSPS) is 24.9. The predicted molar refractivity (Wildman–Crippen MR) is 325 cm³/mol. The molecule has 4 aliphatic rings. The Balaban J connectivity index is 1.08. The smallest absolute Gasteiger partial charge is 0.410 e. The molecular weight excluding hydrogens is 1140 g/mol. The van der Waals surface area contributed by atoms with Crippen LogP contribution in [0.2, 0.25) is 5.02 Å².